The predicted octanol–water partition coefficient (Wildman–Crippen LogP) is 4.14. The Morgan fingerprint density at radius 2 is 1.92 bits per heavy atom. The van der Waals surface area contributed by atoms with E-state index in [1.807, 2.05) is 0 Å². The van der Waals surface area contributed by atoms with E-state index in [2.05, 4.69) is 25.8 Å². The lowest BCUT2D eigenvalue weighted by Crippen LogP contribution is -2.23. The number of hydrogen-bond acceptors (Lipinski definition) is 6. The van der Waals surface area contributed by atoms with Gasteiger partial charge in [0.25, 0.3) is 0 Å². The van der Waals surface area contributed by atoms with Crippen molar-refractivity contribution in [3.8, 4) is 5.69 Å². The number of aromatic nitrogens is 5. The first-order chi connectivity index (χ1) is 12.4. The number of carbonyl (C=O) groups excluding carboxylic acids is 1. The first kappa shape index (κ1) is 18.9. The van der Waals surface area contributed by atoms with Crippen LogP contribution in [0.4, 0.5) is 5.82 Å². The van der Waals surface area contributed by atoms with Crippen molar-refractivity contribution >= 4 is 58.3 Å². The number of anilines is 1. The van der Waals surface area contributed by atoms with E-state index >= 15 is 0 Å². The second kappa shape index (κ2) is 8.22. The maximum atomic E-state index is 12.4. The second-order valence-electron chi connectivity index (χ2n) is 5.08. The Labute approximate surface area is 168 Å². The van der Waals surface area contributed by atoms with Crippen LogP contribution in [0, 0.1) is 0 Å². The summed E-state index contributed by atoms with van der Waals surface area (Å²) in [5.41, 5.74) is 0.733. The number of rotatable bonds is 5. The molecule has 0 spiro atoms. The smallest absolute Gasteiger partial charge is 0.238 e. The number of benzene rings is 1. The standard InChI is InChI=1S/C15H11Cl3N6OS/c1-8(14(25)20-13-12(18)6-10(17)7-19-13)26-15-21-22-23-24(15)11-4-2-9(16)3-5-11/h2-8H,1H3,(H,19,20,25)/t8-/m0/s1. The van der Waals surface area contributed by atoms with Gasteiger partial charge in [-0.1, -0.05) is 46.6 Å². The molecule has 11 heteroatoms. The van der Waals surface area contributed by atoms with Gasteiger partial charge in [-0.3, -0.25) is 4.79 Å². The van der Waals surface area contributed by atoms with Crippen LogP contribution >= 0.6 is 46.6 Å². The van der Waals surface area contributed by atoms with Crippen LogP contribution in [0.15, 0.2) is 41.7 Å². The summed E-state index contributed by atoms with van der Waals surface area (Å²) in [5, 5.41) is 15.5. The van der Waals surface area contributed by atoms with Gasteiger partial charge in [-0.15, -0.1) is 5.10 Å². The fourth-order valence-electron chi connectivity index (χ4n) is 1.93. The Kier molecular flexibility index (Phi) is 5.98. The second-order valence-corrected chi connectivity index (χ2v) is 7.67. The molecule has 0 aliphatic heterocycles. The summed E-state index contributed by atoms with van der Waals surface area (Å²) in [6.45, 7) is 1.73. The number of nitrogens with one attached hydrogen (secondary N) is 1. The highest BCUT2D eigenvalue weighted by Crippen LogP contribution is 2.26. The Balaban J connectivity index is 1.72. The Morgan fingerprint density at radius 1 is 1.19 bits per heavy atom. The van der Waals surface area contributed by atoms with Crippen molar-refractivity contribution in [1.29, 1.82) is 0 Å². The van der Waals surface area contributed by atoms with Crippen LogP contribution in [0.5, 0.6) is 0 Å². The lowest BCUT2D eigenvalue weighted by atomic mass is 10.3. The maximum Gasteiger partial charge on any atom is 0.238 e. The SMILES string of the molecule is C[C@H](Sc1nnnn1-c1ccc(Cl)cc1)C(=O)Nc1ncc(Cl)cc1Cl. The van der Waals surface area contributed by atoms with Crippen molar-refractivity contribution < 1.29 is 4.79 Å². The molecule has 0 aliphatic carbocycles. The normalized spacial score (nSPS) is 12.0. The highest BCUT2D eigenvalue weighted by molar-refractivity contribution is 8.00. The number of hydrogen-bond donors (Lipinski definition) is 1. The van der Waals surface area contributed by atoms with Gasteiger partial charge in [0.15, 0.2) is 5.82 Å². The summed E-state index contributed by atoms with van der Waals surface area (Å²) in [6.07, 6.45) is 1.40. The minimum absolute atomic E-state index is 0.241. The van der Waals surface area contributed by atoms with Crippen LogP contribution in [0.25, 0.3) is 5.69 Å². The van der Waals surface area contributed by atoms with Crippen LogP contribution in [0.3, 0.4) is 0 Å². The molecule has 2 aromatic heterocycles. The number of carbonyl (C=O) groups is 1. The van der Waals surface area contributed by atoms with Crippen molar-refractivity contribution in [3.05, 3.63) is 51.6 Å². The fraction of sp³-hybridized carbons (Fsp3) is 0.133. The van der Waals surface area contributed by atoms with Gasteiger partial charge in [0.1, 0.15) is 0 Å². The van der Waals surface area contributed by atoms with Crippen molar-refractivity contribution in [1.82, 2.24) is 25.2 Å². The highest BCUT2D eigenvalue weighted by Gasteiger charge is 2.20. The summed E-state index contributed by atoms with van der Waals surface area (Å²) in [6, 6.07) is 8.54. The zero-order valence-electron chi connectivity index (χ0n) is 13.2. The zero-order valence-corrected chi connectivity index (χ0v) is 16.3. The molecule has 0 fully saturated rings. The average Bonchev–Trinajstić information content (AvgIpc) is 3.06. The molecule has 7 nitrogen and oxygen atoms in total. The number of tetrazole rings is 1. The zero-order chi connectivity index (χ0) is 18.7. The molecule has 0 unspecified atom stereocenters. The van der Waals surface area contributed by atoms with Gasteiger partial charge in [0.05, 0.1) is 21.0 Å². The van der Waals surface area contributed by atoms with Gasteiger partial charge >= 0.3 is 0 Å². The molecule has 1 aromatic carbocycles. The molecule has 0 saturated heterocycles. The summed E-state index contributed by atoms with van der Waals surface area (Å²) in [7, 11) is 0. The van der Waals surface area contributed by atoms with Gasteiger partial charge < -0.3 is 5.32 Å². The van der Waals surface area contributed by atoms with Gasteiger partial charge in [-0.2, -0.15) is 4.68 Å². The third kappa shape index (κ3) is 4.45. The van der Waals surface area contributed by atoms with E-state index in [0.29, 0.717) is 15.2 Å². The molecule has 1 amide bonds. The summed E-state index contributed by atoms with van der Waals surface area (Å²) in [4.78, 5) is 16.4. The molecule has 26 heavy (non-hydrogen) atoms. The number of pyridine rings is 1. The van der Waals surface area contributed by atoms with E-state index in [1.165, 1.54) is 28.7 Å². The quantitative estimate of drug-likeness (QED) is 0.614. The van der Waals surface area contributed by atoms with Crippen LogP contribution in [-0.2, 0) is 4.79 Å². The molecule has 3 rings (SSSR count). The van der Waals surface area contributed by atoms with Gasteiger partial charge in [0.2, 0.25) is 11.1 Å². The number of thioether (sulfide) groups is 1. The molecule has 0 bridgehead atoms. The van der Waals surface area contributed by atoms with E-state index in [0.717, 1.165) is 5.69 Å². The summed E-state index contributed by atoms with van der Waals surface area (Å²) >= 11 is 18.9. The summed E-state index contributed by atoms with van der Waals surface area (Å²) in [5.74, 6) is -0.0526. The molecule has 1 atom stereocenters. The third-order valence-corrected chi connectivity index (χ3v) is 4.99. The maximum absolute atomic E-state index is 12.4. The van der Waals surface area contributed by atoms with Crippen molar-refractivity contribution in [3.63, 3.8) is 0 Å². The third-order valence-electron chi connectivity index (χ3n) is 3.21. The van der Waals surface area contributed by atoms with Crippen LogP contribution in [0.2, 0.25) is 15.1 Å². The van der Waals surface area contributed by atoms with Crippen LogP contribution in [-0.4, -0.2) is 36.3 Å². The van der Waals surface area contributed by atoms with Crippen LogP contribution in [0.1, 0.15) is 6.92 Å². The first-order valence-corrected chi connectivity index (χ1v) is 9.28. The Hall–Kier alpha value is -1.87. The molecule has 0 radical (unpaired) electrons. The molecule has 134 valence electrons. The van der Waals surface area contributed by atoms with E-state index in [9.17, 15) is 4.79 Å². The minimum atomic E-state index is -0.499. The average molecular weight is 430 g/mol. The van der Waals surface area contributed by atoms with Crippen molar-refractivity contribution in [2.24, 2.45) is 0 Å². The predicted molar refractivity (Wildman–Crippen MR) is 102 cm³/mol. The first-order valence-electron chi connectivity index (χ1n) is 7.27. The molecule has 0 aliphatic rings. The number of nitrogens with zero attached hydrogens (tertiary/aromatic N) is 5. The van der Waals surface area contributed by atoms with Gasteiger partial charge in [-0.05, 0) is 47.7 Å². The van der Waals surface area contributed by atoms with E-state index < -0.39 is 5.25 Å². The van der Waals surface area contributed by atoms with Gasteiger partial charge in [0, 0.05) is 11.2 Å². The van der Waals surface area contributed by atoms with Gasteiger partial charge in [-0.25, -0.2) is 4.98 Å². The molecule has 3 aromatic rings. The highest BCUT2D eigenvalue weighted by atomic mass is 35.5. The number of amides is 1. The van der Waals surface area contributed by atoms with E-state index in [1.54, 1.807) is 31.2 Å². The van der Waals surface area contributed by atoms with Crippen LogP contribution < -0.4 is 5.32 Å². The fourth-order valence-corrected chi connectivity index (χ4v) is 3.29. The molecule has 2 heterocycles. The summed E-state index contributed by atoms with van der Waals surface area (Å²) < 4.78 is 1.53. The molecular weight excluding hydrogens is 419 g/mol. The van der Waals surface area contributed by atoms with E-state index in [4.69, 9.17) is 34.8 Å². The van der Waals surface area contributed by atoms with Crippen molar-refractivity contribution in [2.45, 2.75) is 17.3 Å². The Bertz CT molecular complexity index is 933. The molecule has 1 N–H and O–H groups in total. The van der Waals surface area contributed by atoms with E-state index in [-0.39, 0.29) is 16.7 Å². The Morgan fingerprint density at radius 3 is 2.62 bits per heavy atom. The molecule has 0 saturated carbocycles. The minimum Gasteiger partial charge on any atom is -0.308 e. The number of halogens is 3. The molecular formula is C15H11Cl3N6OS. The lowest BCUT2D eigenvalue weighted by molar-refractivity contribution is -0.115. The topological polar surface area (TPSA) is 85.6 Å². The largest absolute Gasteiger partial charge is 0.308 e. The van der Waals surface area contributed by atoms with Crippen molar-refractivity contribution in [2.75, 3.05) is 5.32 Å². The lowest BCUT2D eigenvalue weighted by Gasteiger charge is -2.12. The monoisotopic (exact) mass is 428 g/mol.